The third kappa shape index (κ3) is 2.02. The average Bonchev–Trinajstić information content (AvgIpc) is 2.90. The van der Waals surface area contributed by atoms with Crippen molar-refractivity contribution in [2.45, 2.75) is 0 Å². The lowest BCUT2D eigenvalue weighted by Gasteiger charge is -2.05. The SMILES string of the molecule is NCC(=O)c1ccc(O)c(-n2nc3ccccc3n2)c1. The molecule has 0 aliphatic heterocycles. The number of fused-ring (bicyclic) bond motifs is 1. The summed E-state index contributed by atoms with van der Waals surface area (Å²) >= 11 is 0. The van der Waals surface area contributed by atoms with Gasteiger partial charge in [-0.1, -0.05) is 12.1 Å². The number of rotatable bonds is 3. The molecule has 0 saturated heterocycles. The molecular weight excluding hydrogens is 256 g/mol. The van der Waals surface area contributed by atoms with E-state index in [-0.39, 0.29) is 18.1 Å². The van der Waals surface area contributed by atoms with E-state index in [9.17, 15) is 9.90 Å². The molecule has 0 fully saturated rings. The molecule has 3 rings (SSSR count). The minimum absolute atomic E-state index is 0.00104. The number of hydrogen-bond acceptors (Lipinski definition) is 5. The molecule has 100 valence electrons. The van der Waals surface area contributed by atoms with Gasteiger partial charge in [0.25, 0.3) is 0 Å². The van der Waals surface area contributed by atoms with Crippen molar-refractivity contribution < 1.29 is 9.90 Å². The smallest absolute Gasteiger partial charge is 0.176 e. The van der Waals surface area contributed by atoms with Gasteiger partial charge in [-0.3, -0.25) is 4.79 Å². The standard InChI is InChI=1S/C14H12N4O2/c15-8-14(20)9-5-6-13(19)12(7-9)18-16-10-3-1-2-4-11(10)17-18/h1-7,19H,8,15H2. The van der Waals surface area contributed by atoms with E-state index < -0.39 is 0 Å². The molecule has 0 spiro atoms. The fourth-order valence-corrected chi connectivity index (χ4v) is 1.94. The molecule has 0 bridgehead atoms. The Bertz CT molecular complexity index is 762. The second-order valence-corrected chi connectivity index (χ2v) is 4.31. The minimum Gasteiger partial charge on any atom is -0.506 e. The minimum atomic E-state index is -0.206. The van der Waals surface area contributed by atoms with E-state index in [0.717, 1.165) is 0 Å². The van der Waals surface area contributed by atoms with Crippen LogP contribution < -0.4 is 5.73 Å². The Balaban J connectivity index is 2.15. The fourth-order valence-electron chi connectivity index (χ4n) is 1.94. The largest absolute Gasteiger partial charge is 0.506 e. The number of aromatic hydroxyl groups is 1. The molecule has 3 aromatic rings. The van der Waals surface area contributed by atoms with E-state index in [1.165, 1.54) is 23.0 Å². The fraction of sp³-hybridized carbons (Fsp3) is 0.0714. The number of hydrogen-bond donors (Lipinski definition) is 2. The summed E-state index contributed by atoms with van der Waals surface area (Å²) in [5.74, 6) is -0.207. The Labute approximate surface area is 114 Å². The molecule has 0 aliphatic carbocycles. The number of benzene rings is 2. The normalized spacial score (nSPS) is 10.8. The van der Waals surface area contributed by atoms with Crippen LogP contribution in [0.15, 0.2) is 42.5 Å². The highest BCUT2D eigenvalue weighted by Gasteiger charge is 2.12. The molecule has 20 heavy (non-hydrogen) atoms. The molecule has 6 nitrogen and oxygen atoms in total. The molecular formula is C14H12N4O2. The molecule has 2 aromatic carbocycles. The summed E-state index contributed by atoms with van der Waals surface area (Å²) in [5.41, 5.74) is 7.53. The third-order valence-electron chi connectivity index (χ3n) is 2.98. The van der Waals surface area contributed by atoms with Crippen molar-refractivity contribution in [3.05, 3.63) is 48.0 Å². The number of Topliss-reactive ketones (excluding diaryl/α,β-unsaturated/α-hetero) is 1. The number of carbonyl (C=O) groups excluding carboxylic acids is 1. The van der Waals surface area contributed by atoms with Crippen LogP contribution in [0.4, 0.5) is 0 Å². The van der Waals surface area contributed by atoms with Gasteiger partial charge in [0.05, 0.1) is 6.54 Å². The summed E-state index contributed by atoms with van der Waals surface area (Å²) in [4.78, 5) is 12.9. The van der Waals surface area contributed by atoms with E-state index in [0.29, 0.717) is 22.3 Å². The van der Waals surface area contributed by atoms with Gasteiger partial charge < -0.3 is 10.8 Å². The van der Waals surface area contributed by atoms with E-state index in [4.69, 9.17) is 5.73 Å². The lowest BCUT2D eigenvalue weighted by atomic mass is 10.1. The monoisotopic (exact) mass is 268 g/mol. The quantitative estimate of drug-likeness (QED) is 0.697. The van der Waals surface area contributed by atoms with Gasteiger partial charge in [-0.05, 0) is 30.3 Å². The summed E-state index contributed by atoms with van der Waals surface area (Å²) < 4.78 is 0. The summed E-state index contributed by atoms with van der Waals surface area (Å²) in [6.07, 6.45) is 0. The molecule has 0 unspecified atom stereocenters. The number of carbonyl (C=O) groups is 1. The lowest BCUT2D eigenvalue weighted by Crippen LogP contribution is -2.14. The zero-order valence-corrected chi connectivity index (χ0v) is 10.5. The van der Waals surface area contributed by atoms with Crippen LogP contribution in [-0.4, -0.2) is 32.4 Å². The molecule has 0 atom stereocenters. The zero-order chi connectivity index (χ0) is 14.1. The number of nitrogens with zero attached hydrogens (tertiary/aromatic N) is 3. The van der Waals surface area contributed by atoms with Crippen LogP contribution in [0.3, 0.4) is 0 Å². The van der Waals surface area contributed by atoms with Crippen molar-refractivity contribution in [1.29, 1.82) is 0 Å². The van der Waals surface area contributed by atoms with E-state index in [1.807, 2.05) is 24.3 Å². The average molecular weight is 268 g/mol. The van der Waals surface area contributed by atoms with Crippen LogP contribution in [0.5, 0.6) is 5.75 Å². The second-order valence-electron chi connectivity index (χ2n) is 4.31. The Hall–Kier alpha value is -2.73. The first-order chi connectivity index (χ1) is 9.69. The van der Waals surface area contributed by atoms with E-state index >= 15 is 0 Å². The molecule has 0 radical (unpaired) electrons. The highest BCUT2D eigenvalue weighted by Crippen LogP contribution is 2.23. The predicted octanol–water partition coefficient (Wildman–Crippen LogP) is 1.27. The number of aromatic nitrogens is 3. The van der Waals surface area contributed by atoms with Gasteiger partial charge in [0, 0.05) is 5.56 Å². The molecule has 3 N–H and O–H groups in total. The van der Waals surface area contributed by atoms with Crippen molar-refractivity contribution in [1.82, 2.24) is 15.0 Å². The summed E-state index contributed by atoms with van der Waals surface area (Å²) in [7, 11) is 0. The topological polar surface area (TPSA) is 94.0 Å². The molecule has 0 aliphatic rings. The maximum Gasteiger partial charge on any atom is 0.176 e. The molecule has 1 heterocycles. The summed E-state index contributed by atoms with van der Waals surface area (Å²) in [6, 6.07) is 11.9. The van der Waals surface area contributed by atoms with Crippen LogP contribution >= 0.6 is 0 Å². The van der Waals surface area contributed by atoms with Crippen LogP contribution in [0.1, 0.15) is 10.4 Å². The van der Waals surface area contributed by atoms with E-state index in [1.54, 1.807) is 0 Å². The highest BCUT2D eigenvalue weighted by atomic mass is 16.3. The van der Waals surface area contributed by atoms with Gasteiger partial charge in [-0.25, -0.2) is 0 Å². The van der Waals surface area contributed by atoms with Crippen molar-refractivity contribution in [3.8, 4) is 11.4 Å². The van der Waals surface area contributed by atoms with Gasteiger partial charge in [0.1, 0.15) is 22.5 Å². The molecule has 6 heteroatoms. The third-order valence-corrected chi connectivity index (χ3v) is 2.98. The molecule has 0 saturated carbocycles. The maximum absolute atomic E-state index is 11.6. The Morgan fingerprint density at radius 2 is 1.80 bits per heavy atom. The number of phenolic OH excluding ortho intramolecular Hbond substituents is 1. The van der Waals surface area contributed by atoms with Crippen LogP contribution in [0, 0.1) is 0 Å². The van der Waals surface area contributed by atoms with E-state index in [2.05, 4.69) is 10.2 Å². The number of nitrogens with two attached hydrogens (primary N) is 1. The van der Waals surface area contributed by atoms with Crippen molar-refractivity contribution in [3.63, 3.8) is 0 Å². The first-order valence-corrected chi connectivity index (χ1v) is 6.08. The van der Waals surface area contributed by atoms with Gasteiger partial charge in [-0.15, -0.1) is 15.0 Å². The highest BCUT2D eigenvalue weighted by molar-refractivity contribution is 5.98. The van der Waals surface area contributed by atoms with Gasteiger partial charge in [0.15, 0.2) is 5.78 Å². The van der Waals surface area contributed by atoms with Crippen molar-refractivity contribution in [2.24, 2.45) is 5.73 Å². The Kier molecular flexibility index (Phi) is 2.92. The number of ketones is 1. The maximum atomic E-state index is 11.6. The number of phenols is 1. The first-order valence-electron chi connectivity index (χ1n) is 6.08. The predicted molar refractivity (Wildman–Crippen MR) is 73.9 cm³/mol. The summed E-state index contributed by atoms with van der Waals surface area (Å²) in [6.45, 7) is -0.0846. The van der Waals surface area contributed by atoms with Crippen LogP contribution in [0.25, 0.3) is 16.7 Å². The zero-order valence-electron chi connectivity index (χ0n) is 10.5. The van der Waals surface area contributed by atoms with Gasteiger partial charge in [0.2, 0.25) is 0 Å². The van der Waals surface area contributed by atoms with Crippen LogP contribution in [0.2, 0.25) is 0 Å². The Morgan fingerprint density at radius 1 is 1.15 bits per heavy atom. The Morgan fingerprint density at radius 3 is 2.40 bits per heavy atom. The molecule has 0 amide bonds. The van der Waals surface area contributed by atoms with Gasteiger partial charge >= 0.3 is 0 Å². The first kappa shape index (κ1) is 12.3. The lowest BCUT2D eigenvalue weighted by molar-refractivity contribution is 0.100. The van der Waals surface area contributed by atoms with Crippen molar-refractivity contribution in [2.75, 3.05) is 6.54 Å². The van der Waals surface area contributed by atoms with Crippen LogP contribution in [-0.2, 0) is 0 Å². The molecule has 1 aromatic heterocycles. The summed E-state index contributed by atoms with van der Waals surface area (Å²) in [5, 5.41) is 18.5. The van der Waals surface area contributed by atoms with Gasteiger partial charge in [-0.2, -0.15) is 0 Å². The van der Waals surface area contributed by atoms with Crippen molar-refractivity contribution >= 4 is 16.8 Å². The second kappa shape index (κ2) is 4.75.